The van der Waals surface area contributed by atoms with E-state index in [0.29, 0.717) is 16.6 Å². The van der Waals surface area contributed by atoms with Gasteiger partial charge >= 0.3 is 5.63 Å². The highest BCUT2D eigenvalue weighted by Gasteiger charge is 2.28. The van der Waals surface area contributed by atoms with Gasteiger partial charge in [-0.15, -0.1) is 11.8 Å². The summed E-state index contributed by atoms with van der Waals surface area (Å²) in [6.45, 7) is 0. The number of thioether (sulfide) groups is 1. The molecule has 1 aliphatic carbocycles. The number of hydrogen-bond donors (Lipinski definition) is 1. The minimum absolute atomic E-state index is 0.00673. The molecule has 0 aliphatic heterocycles. The van der Waals surface area contributed by atoms with Crippen LogP contribution >= 0.6 is 11.8 Å². The topological polar surface area (TPSA) is 50.4 Å². The van der Waals surface area contributed by atoms with E-state index in [1.54, 1.807) is 17.8 Å². The first-order chi connectivity index (χ1) is 13.7. The zero-order valence-electron chi connectivity index (χ0n) is 15.7. The monoisotopic (exact) mass is 392 g/mol. The van der Waals surface area contributed by atoms with E-state index in [1.807, 2.05) is 60.7 Å². The van der Waals surface area contributed by atoms with Gasteiger partial charge in [-0.2, -0.15) is 0 Å². The Morgan fingerprint density at radius 1 is 0.929 bits per heavy atom. The predicted molar refractivity (Wildman–Crippen MR) is 115 cm³/mol. The van der Waals surface area contributed by atoms with Gasteiger partial charge in [0.2, 0.25) is 0 Å². The molecule has 1 atom stereocenters. The van der Waals surface area contributed by atoms with E-state index >= 15 is 0 Å². The maximum atomic E-state index is 13.0. The van der Waals surface area contributed by atoms with E-state index in [9.17, 15) is 9.90 Å². The molecule has 0 spiro atoms. The number of hydrogen-bond acceptors (Lipinski definition) is 4. The van der Waals surface area contributed by atoms with Crippen LogP contribution in [-0.4, -0.2) is 10.4 Å². The highest BCUT2D eigenvalue weighted by atomic mass is 32.2. The van der Waals surface area contributed by atoms with Crippen molar-refractivity contribution in [2.75, 3.05) is 0 Å². The van der Waals surface area contributed by atoms with Crippen molar-refractivity contribution in [3.63, 3.8) is 0 Å². The van der Waals surface area contributed by atoms with E-state index in [-0.39, 0.29) is 11.0 Å². The van der Waals surface area contributed by atoms with Crippen molar-refractivity contribution in [1.29, 1.82) is 0 Å². The van der Waals surface area contributed by atoms with Gasteiger partial charge in [0.15, 0.2) is 0 Å². The van der Waals surface area contributed by atoms with Crippen LogP contribution in [0.4, 0.5) is 0 Å². The van der Waals surface area contributed by atoms with Gasteiger partial charge < -0.3 is 9.52 Å². The lowest BCUT2D eigenvalue weighted by Crippen LogP contribution is -2.17. The Bertz CT molecular complexity index is 960. The smallest absolute Gasteiger partial charge is 0.344 e. The lowest BCUT2D eigenvalue weighted by Gasteiger charge is -2.26. The zero-order chi connectivity index (χ0) is 19.3. The number of aromatic hydroxyl groups is 1. The molecule has 1 aromatic heterocycles. The molecule has 1 unspecified atom stereocenters. The van der Waals surface area contributed by atoms with Crippen molar-refractivity contribution in [3.8, 4) is 17.1 Å². The van der Waals surface area contributed by atoms with Crippen LogP contribution in [0.5, 0.6) is 5.75 Å². The molecule has 0 bridgehead atoms. The van der Waals surface area contributed by atoms with Gasteiger partial charge in [-0.05, 0) is 18.4 Å². The van der Waals surface area contributed by atoms with Gasteiger partial charge in [0.1, 0.15) is 11.5 Å². The average molecular weight is 393 g/mol. The van der Waals surface area contributed by atoms with Crippen molar-refractivity contribution in [2.24, 2.45) is 0 Å². The largest absolute Gasteiger partial charge is 0.507 e. The second-order valence-electron chi connectivity index (χ2n) is 7.25. The number of benzene rings is 2. The lowest BCUT2D eigenvalue weighted by molar-refractivity contribution is 0.442. The third-order valence-corrected chi connectivity index (χ3v) is 6.91. The predicted octanol–water partition coefficient (Wildman–Crippen LogP) is 6.17. The van der Waals surface area contributed by atoms with Crippen molar-refractivity contribution < 1.29 is 9.52 Å². The summed E-state index contributed by atoms with van der Waals surface area (Å²) in [5, 5.41) is 11.1. The first kappa shape index (κ1) is 18.9. The second kappa shape index (κ2) is 8.70. The molecule has 28 heavy (non-hydrogen) atoms. The molecule has 0 amide bonds. The zero-order valence-corrected chi connectivity index (χ0v) is 16.5. The molecule has 1 saturated carbocycles. The van der Waals surface area contributed by atoms with Crippen molar-refractivity contribution >= 4 is 11.8 Å². The van der Waals surface area contributed by atoms with Gasteiger partial charge in [0.25, 0.3) is 0 Å². The van der Waals surface area contributed by atoms with E-state index in [0.717, 1.165) is 24.0 Å². The summed E-state index contributed by atoms with van der Waals surface area (Å²) >= 11 is 1.78. The molecule has 4 rings (SSSR count). The van der Waals surface area contributed by atoms with Crippen molar-refractivity contribution in [1.82, 2.24) is 0 Å². The molecule has 144 valence electrons. The van der Waals surface area contributed by atoms with Crippen LogP contribution in [0.15, 0.2) is 75.9 Å². The highest BCUT2D eigenvalue weighted by Crippen LogP contribution is 2.44. The Hall–Kier alpha value is -2.46. The van der Waals surface area contributed by atoms with E-state index in [1.165, 1.54) is 19.3 Å². The molecular formula is C24H24O3S. The summed E-state index contributed by atoms with van der Waals surface area (Å²) in [6, 6.07) is 20.9. The number of rotatable bonds is 5. The van der Waals surface area contributed by atoms with Crippen molar-refractivity contribution in [2.45, 2.75) is 42.6 Å². The molecule has 0 radical (unpaired) electrons. The molecular weight excluding hydrogens is 368 g/mol. The van der Waals surface area contributed by atoms with Crippen LogP contribution in [0.3, 0.4) is 0 Å². The summed E-state index contributed by atoms with van der Waals surface area (Å²) in [7, 11) is 0. The SMILES string of the molecule is O=c1oc(-c2ccccc2)cc(O)c1C(SC1CCCCC1)c1ccccc1. The molecule has 1 aliphatic rings. The fourth-order valence-electron chi connectivity index (χ4n) is 3.81. The maximum absolute atomic E-state index is 13.0. The first-order valence-corrected chi connectivity index (χ1v) is 10.8. The second-order valence-corrected chi connectivity index (χ2v) is 8.66. The molecule has 0 saturated heterocycles. The quantitative estimate of drug-likeness (QED) is 0.564. The molecule has 4 heteroatoms. The highest BCUT2D eigenvalue weighted by molar-refractivity contribution is 8.00. The Balaban J connectivity index is 1.74. The van der Waals surface area contributed by atoms with E-state index in [2.05, 4.69) is 0 Å². The van der Waals surface area contributed by atoms with Gasteiger partial charge in [-0.1, -0.05) is 79.9 Å². The average Bonchev–Trinajstić information content (AvgIpc) is 2.74. The molecule has 2 aromatic carbocycles. The van der Waals surface area contributed by atoms with Gasteiger partial charge in [0.05, 0.1) is 10.8 Å². The first-order valence-electron chi connectivity index (χ1n) is 9.85. The van der Waals surface area contributed by atoms with Crippen molar-refractivity contribution in [3.05, 3.63) is 88.3 Å². The Kier molecular flexibility index (Phi) is 5.87. The Labute approximate surface area is 169 Å². The van der Waals surface area contributed by atoms with Crippen LogP contribution in [0.1, 0.15) is 48.5 Å². The van der Waals surface area contributed by atoms with Gasteiger partial charge in [0, 0.05) is 16.9 Å². The molecule has 1 fully saturated rings. The Morgan fingerprint density at radius 3 is 2.21 bits per heavy atom. The van der Waals surface area contributed by atoms with Gasteiger partial charge in [-0.25, -0.2) is 4.79 Å². The van der Waals surface area contributed by atoms with Crippen LogP contribution in [0.2, 0.25) is 0 Å². The van der Waals surface area contributed by atoms with Crippen LogP contribution in [0.25, 0.3) is 11.3 Å². The third kappa shape index (κ3) is 4.17. The van der Waals surface area contributed by atoms with Crippen LogP contribution in [-0.2, 0) is 0 Å². The summed E-state index contributed by atoms with van der Waals surface area (Å²) in [5.74, 6) is 0.397. The van der Waals surface area contributed by atoms with Crippen LogP contribution in [0, 0.1) is 0 Å². The maximum Gasteiger partial charge on any atom is 0.344 e. The summed E-state index contributed by atoms with van der Waals surface area (Å²) in [6.07, 6.45) is 6.05. The standard InChI is InChI=1S/C24H24O3S/c25-20-16-21(17-10-4-1-5-11-17)27-24(26)22(20)23(18-12-6-2-7-13-18)28-19-14-8-3-9-15-19/h1-2,4-7,10-13,16,19,23,25H,3,8-9,14-15H2. The van der Waals surface area contributed by atoms with E-state index in [4.69, 9.17) is 4.42 Å². The molecule has 3 aromatic rings. The fraction of sp³-hybridized carbons (Fsp3) is 0.292. The fourth-order valence-corrected chi connectivity index (χ4v) is 5.47. The minimum Gasteiger partial charge on any atom is -0.507 e. The summed E-state index contributed by atoms with van der Waals surface area (Å²) in [5.41, 5.74) is 1.68. The normalized spacial score (nSPS) is 16.0. The summed E-state index contributed by atoms with van der Waals surface area (Å²) in [4.78, 5) is 13.0. The minimum atomic E-state index is -0.462. The van der Waals surface area contributed by atoms with E-state index < -0.39 is 5.63 Å². The Morgan fingerprint density at radius 2 is 1.57 bits per heavy atom. The third-order valence-electron chi connectivity index (χ3n) is 5.27. The molecule has 3 nitrogen and oxygen atoms in total. The summed E-state index contributed by atoms with van der Waals surface area (Å²) < 4.78 is 5.64. The molecule has 1 N–H and O–H groups in total. The van der Waals surface area contributed by atoms with Crippen LogP contribution < -0.4 is 5.63 Å². The molecule has 1 heterocycles. The lowest BCUT2D eigenvalue weighted by atomic mass is 10.0. The van der Waals surface area contributed by atoms with Gasteiger partial charge in [-0.3, -0.25) is 0 Å².